The van der Waals surface area contributed by atoms with Crippen molar-refractivity contribution in [2.75, 3.05) is 0 Å². The molecule has 0 N–H and O–H groups in total. The Hall–Kier alpha value is -1.91. The lowest BCUT2D eigenvalue weighted by molar-refractivity contribution is -0.148. The van der Waals surface area contributed by atoms with Crippen LogP contribution < -0.4 is 0 Å². The Bertz CT molecular complexity index is 474. The summed E-state index contributed by atoms with van der Waals surface area (Å²) in [6.45, 7) is 6.74. The molecule has 0 radical (unpaired) electrons. The Morgan fingerprint density at radius 1 is 1.15 bits per heavy atom. The van der Waals surface area contributed by atoms with Crippen LogP contribution in [0.25, 0.3) is 0 Å². The lowest BCUT2D eigenvalue weighted by Gasteiger charge is -2.33. The molecule has 108 valence electrons. The summed E-state index contributed by atoms with van der Waals surface area (Å²) in [5.41, 5.74) is 1.07. The zero-order valence-corrected chi connectivity index (χ0v) is 11.8. The van der Waals surface area contributed by atoms with Gasteiger partial charge < -0.3 is 4.74 Å². The number of hydrogen-bond donors (Lipinski definition) is 0. The predicted octanol–water partition coefficient (Wildman–Crippen LogP) is 1.73. The molecular weight excluding hydrogens is 258 g/mol. The third-order valence-corrected chi connectivity index (χ3v) is 4.10. The minimum Gasteiger partial charge on any atom is -0.459 e. The molecule has 2 rings (SSSR count). The van der Waals surface area contributed by atoms with Crippen molar-refractivity contribution in [3.05, 3.63) is 23.8 Å². The van der Waals surface area contributed by atoms with Crippen LogP contribution in [0.4, 0.5) is 0 Å². The number of esters is 1. The van der Waals surface area contributed by atoms with Gasteiger partial charge in [-0.2, -0.15) is 0 Å². The summed E-state index contributed by atoms with van der Waals surface area (Å²) >= 11 is 0. The zero-order chi connectivity index (χ0) is 14.9. The van der Waals surface area contributed by atoms with Crippen LogP contribution in [-0.2, 0) is 19.1 Å². The fourth-order valence-electron chi connectivity index (χ4n) is 2.74. The van der Waals surface area contributed by atoms with E-state index in [1.54, 1.807) is 13.8 Å². The molecule has 0 spiro atoms. The van der Waals surface area contributed by atoms with Gasteiger partial charge in [0.2, 0.25) is 0 Å². The van der Waals surface area contributed by atoms with Crippen molar-refractivity contribution in [3.8, 4) is 0 Å². The minimum absolute atomic E-state index is 0.0823. The van der Waals surface area contributed by atoms with Crippen molar-refractivity contribution < 1.29 is 19.1 Å². The highest BCUT2D eigenvalue weighted by molar-refractivity contribution is 6.18. The molecule has 1 aliphatic carbocycles. The molecule has 20 heavy (non-hydrogen) atoms. The summed E-state index contributed by atoms with van der Waals surface area (Å²) in [4.78, 5) is 36.7. The SMILES string of the molecule is C=CC(=O)OC1CCC(N2C(=O)C(C)=C(C)C2=O)CC1. The summed E-state index contributed by atoms with van der Waals surface area (Å²) in [7, 11) is 0. The number of ether oxygens (including phenoxy) is 1. The van der Waals surface area contributed by atoms with Gasteiger partial charge in [0.05, 0.1) is 0 Å². The van der Waals surface area contributed by atoms with Crippen LogP contribution in [-0.4, -0.2) is 34.8 Å². The second-order valence-corrected chi connectivity index (χ2v) is 5.30. The van der Waals surface area contributed by atoms with Crippen LogP contribution in [0.2, 0.25) is 0 Å². The molecule has 5 nitrogen and oxygen atoms in total. The molecule has 0 saturated heterocycles. The normalized spacial score (nSPS) is 27.0. The summed E-state index contributed by atoms with van der Waals surface area (Å²) in [5.74, 6) is -0.784. The zero-order valence-electron chi connectivity index (χ0n) is 11.8. The summed E-state index contributed by atoms with van der Waals surface area (Å²) in [6.07, 6.45) is 3.69. The Labute approximate surface area is 118 Å². The largest absolute Gasteiger partial charge is 0.459 e. The van der Waals surface area contributed by atoms with E-state index >= 15 is 0 Å². The highest BCUT2D eigenvalue weighted by atomic mass is 16.5. The van der Waals surface area contributed by atoms with E-state index in [1.165, 1.54) is 4.90 Å². The summed E-state index contributed by atoms with van der Waals surface area (Å²) < 4.78 is 5.19. The van der Waals surface area contributed by atoms with Crippen LogP contribution in [0.3, 0.4) is 0 Å². The van der Waals surface area contributed by atoms with Crippen molar-refractivity contribution in [2.45, 2.75) is 51.7 Å². The number of hydrogen-bond acceptors (Lipinski definition) is 4. The highest BCUT2D eigenvalue weighted by Crippen LogP contribution is 2.30. The van der Waals surface area contributed by atoms with Gasteiger partial charge in [0.15, 0.2) is 0 Å². The van der Waals surface area contributed by atoms with Crippen LogP contribution in [0.15, 0.2) is 23.8 Å². The second kappa shape index (κ2) is 5.61. The highest BCUT2D eigenvalue weighted by Gasteiger charge is 2.39. The summed E-state index contributed by atoms with van der Waals surface area (Å²) in [6, 6.07) is -0.0823. The average Bonchev–Trinajstić information content (AvgIpc) is 2.64. The first kappa shape index (κ1) is 14.5. The van der Waals surface area contributed by atoms with E-state index < -0.39 is 5.97 Å². The van der Waals surface area contributed by atoms with Gasteiger partial charge in [0.25, 0.3) is 11.8 Å². The van der Waals surface area contributed by atoms with Gasteiger partial charge in [0.1, 0.15) is 6.10 Å². The number of carbonyl (C=O) groups is 3. The van der Waals surface area contributed by atoms with E-state index in [2.05, 4.69) is 6.58 Å². The maximum atomic E-state index is 12.1. The Balaban J connectivity index is 1.95. The molecule has 2 amide bonds. The number of carbonyl (C=O) groups excluding carboxylic acids is 3. The van der Waals surface area contributed by atoms with E-state index in [1.807, 2.05) is 0 Å². The maximum absolute atomic E-state index is 12.1. The quantitative estimate of drug-likeness (QED) is 0.448. The fraction of sp³-hybridized carbons (Fsp3) is 0.533. The van der Waals surface area contributed by atoms with Gasteiger partial charge in [-0.25, -0.2) is 4.79 Å². The topological polar surface area (TPSA) is 63.7 Å². The molecule has 0 atom stereocenters. The Morgan fingerprint density at radius 3 is 2.10 bits per heavy atom. The van der Waals surface area contributed by atoms with Crippen molar-refractivity contribution in [3.63, 3.8) is 0 Å². The molecule has 0 aromatic carbocycles. The van der Waals surface area contributed by atoms with E-state index in [0.717, 1.165) is 6.08 Å². The van der Waals surface area contributed by atoms with Crippen molar-refractivity contribution >= 4 is 17.8 Å². The molecule has 0 aromatic rings. The second-order valence-electron chi connectivity index (χ2n) is 5.30. The monoisotopic (exact) mass is 277 g/mol. The van der Waals surface area contributed by atoms with E-state index in [9.17, 15) is 14.4 Å². The van der Waals surface area contributed by atoms with Gasteiger partial charge in [0, 0.05) is 23.3 Å². The average molecular weight is 277 g/mol. The first-order valence-corrected chi connectivity index (χ1v) is 6.84. The Morgan fingerprint density at radius 2 is 1.65 bits per heavy atom. The maximum Gasteiger partial charge on any atom is 0.330 e. The molecule has 2 aliphatic rings. The molecule has 5 heteroatoms. The van der Waals surface area contributed by atoms with Gasteiger partial charge >= 0.3 is 5.97 Å². The molecule has 0 aromatic heterocycles. The predicted molar refractivity (Wildman–Crippen MR) is 72.6 cm³/mol. The fourth-order valence-corrected chi connectivity index (χ4v) is 2.74. The molecule has 0 unspecified atom stereocenters. The van der Waals surface area contributed by atoms with Crippen molar-refractivity contribution in [1.82, 2.24) is 4.90 Å². The molecule has 1 saturated carbocycles. The molecule has 1 aliphatic heterocycles. The van der Waals surface area contributed by atoms with E-state index in [-0.39, 0.29) is 24.0 Å². The van der Waals surface area contributed by atoms with Crippen LogP contribution in [0.1, 0.15) is 39.5 Å². The van der Waals surface area contributed by atoms with E-state index in [4.69, 9.17) is 4.74 Å². The lowest BCUT2D eigenvalue weighted by atomic mass is 9.91. The summed E-state index contributed by atoms with van der Waals surface area (Å²) in [5, 5.41) is 0. The standard InChI is InChI=1S/C15H19NO4/c1-4-13(17)20-12-7-5-11(6-8-12)16-14(18)9(2)10(3)15(16)19/h4,11-12H,1,5-8H2,2-3H3. The first-order valence-electron chi connectivity index (χ1n) is 6.84. The van der Waals surface area contributed by atoms with Crippen LogP contribution in [0.5, 0.6) is 0 Å². The van der Waals surface area contributed by atoms with Crippen molar-refractivity contribution in [2.24, 2.45) is 0 Å². The number of imide groups is 1. The molecule has 1 heterocycles. The number of rotatable bonds is 3. The minimum atomic E-state index is -0.421. The number of nitrogens with zero attached hydrogens (tertiary/aromatic N) is 1. The van der Waals surface area contributed by atoms with Crippen LogP contribution >= 0.6 is 0 Å². The molecule has 0 bridgehead atoms. The van der Waals surface area contributed by atoms with E-state index in [0.29, 0.717) is 36.8 Å². The van der Waals surface area contributed by atoms with Gasteiger partial charge in [-0.15, -0.1) is 0 Å². The number of amides is 2. The van der Waals surface area contributed by atoms with Gasteiger partial charge in [-0.05, 0) is 39.5 Å². The van der Waals surface area contributed by atoms with Crippen molar-refractivity contribution in [1.29, 1.82) is 0 Å². The third kappa shape index (κ3) is 2.53. The first-order chi connectivity index (χ1) is 9.45. The van der Waals surface area contributed by atoms with Crippen LogP contribution in [0, 0.1) is 0 Å². The van der Waals surface area contributed by atoms with Gasteiger partial charge in [-0.1, -0.05) is 6.58 Å². The molecule has 1 fully saturated rings. The smallest absolute Gasteiger partial charge is 0.330 e. The third-order valence-electron chi connectivity index (χ3n) is 4.10. The van der Waals surface area contributed by atoms with Gasteiger partial charge in [-0.3, -0.25) is 14.5 Å². The lowest BCUT2D eigenvalue weighted by Crippen LogP contribution is -2.44. The Kier molecular flexibility index (Phi) is 4.06. The molecular formula is C15H19NO4.